The van der Waals surface area contributed by atoms with Gasteiger partial charge in [0.2, 0.25) is 0 Å². The van der Waals surface area contributed by atoms with Gasteiger partial charge in [-0.1, -0.05) is 55.5 Å². The lowest BCUT2D eigenvalue weighted by Crippen LogP contribution is -2.54. The van der Waals surface area contributed by atoms with E-state index in [4.69, 9.17) is 0 Å². The number of carbonyl (C=O) groups excluding carboxylic acids is 3. The molecule has 0 radical (unpaired) electrons. The van der Waals surface area contributed by atoms with Gasteiger partial charge in [0.05, 0.1) is 5.69 Å². The van der Waals surface area contributed by atoms with E-state index in [1.165, 1.54) is 6.08 Å². The molecule has 1 aliphatic heterocycles. The Kier molecular flexibility index (Phi) is 5.31. The smallest absolute Gasteiger partial charge is 0.273 e. The monoisotopic (exact) mass is 360 g/mol. The zero-order chi connectivity index (χ0) is 19.4. The van der Waals surface area contributed by atoms with E-state index in [0.29, 0.717) is 5.69 Å². The first-order valence-corrected chi connectivity index (χ1v) is 8.73. The van der Waals surface area contributed by atoms with Crippen LogP contribution in [-0.2, 0) is 16.0 Å². The number of hydrogen-bond donors (Lipinski definition) is 1. The maximum Gasteiger partial charge on any atom is 0.335 e. The lowest BCUT2D eigenvalue weighted by molar-refractivity contribution is -0.122. The molecule has 0 saturated carbocycles. The topological polar surface area (TPSA) is 66.5 Å². The van der Waals surface area contributed by atoms with Gasteiger partial charge in [0.15, 0.2) is 0 Å². The highest BCUT2D eigenvalue weighted by molar-refractivity contribution is 6.37. The Morgan fingerprint density at radius 1 is 1.00 bits per heavy atom. The Bertz CT molecular complexity index is 941. The first-order valence-electron chi connectivity index (χ1n) is 8.73. The number of benzene rings is 2. The molecule has 1 N–H and O–H groups in total. The van der Waals surface area contributed by atoms with Crippen LogP contribution in [0.15, 0.2) is 71.8 Å². The van der Waals surface area contributed by atoms with Crippen LogP contribution >= 0.6 is 0 Å². The highest BCUT2D eigenvalue weighted by Crippen LogP contribution is 2.22. The summed E-state index contributed by atoms with van der Waals surface area (Å²) < 4.78 is 0. The molecule has 1 aliphatic rings. The molecule has 0 bridgehead atoms. The predicted molar refractivity (Wildman–Crippen MR) is 105 cm³/mol. The molecule has 3 rings (SSSR count). The summed E-state index contributed by atoms with van der Waals surface area (Å²) in [5.74, 6) is -1.32. The van der Waals surface area contributed by atoms with Crippen molar-refractivity contribution in [1.29, 1.82) is 0 Å². The molecule has 1 saturated heterocycles. The number of hydrogen-bond acceptors (Lipinski definition) is 3. The molecule has 5 heteroatoms. The number of carbonyl (C=O) groups is 3. The van der Waals surface area contributed by atoms with Gasteiger partial charge >= 0.3 is 6.03 Å². The summed E-state index contributed by atoms with van der Waals surface area (Å²) in [6.07, 6.45) is 4.22. The van der Waals surface area contributed by atoms with E-state index in [-0.39, 0.29) is 5.57 Å². The SMILES string of the molecule is CCc1ccc(N2C(=O)NC(=O)/C(=C/C(C)=C/c3ccccc3)C2=O)cc1. The number of barbiturate groups is 1. The summed E-state index contributed by atoms with van der Waals surface area (Å²) in [5, 5.41) is 2.24. The third-order valence-corrected chi connectivity index (χ3v) is 4.27. The van der Waals surface area contributed by atoms with Crippen molar-refractivity contribution in [1.82, 2.24) is 5.32 Å². The van der Waals surface area contributed by atoms with E-state index >= 15 is 0 Å². The zero-order valence-electron chi connectivity index (χ0n) is 15.2. The van der Waals surface area contributed by atoms with Gasteiger partial charge in [0, 0.05) is 0 Å². The highest BCUT2D eigenvalue weighted by atomic mass is 16.2. The van der Waals surface area contributed by atoms with Crippen LogP contribution in [0.2, 0.25) is 0 Å². The Balaban J connectivity index is 1.93. The van der Waals surface area contributed by atoms with E-state index in [1.807, 2.05) is 55.5 Å². The molecule has 0 aromatic heterocycles. The van der Waals surface area contributed by atoms with Gasteiger partial charge in [-0.05, 0) is 48.3 Å². The van der Waals surface area contributed by atoms with Crippen LogP contribution in [-0.4, -0.2) is 17.8 Å². The number of amides is 4. The second-order valence-electron chi connectivity index (χ2n) is 6.28. The molecule has 0 aliphatic carbocycles. The largest absolute Gasteiger partial charge is 0.335 e. The number of rotatable bonds is 4. The second-order valence-corrected chi connectivity index (χ2v) is 6.28. The van der Waals surface area contributed by atoms with Gasteiger partial charge in [-0.25, -0.2) is 9.69 Å². The van der Waals surface area contributed by atoms with Gasteiger partial charge in [0.25, 0.3) is 11.8 Å². The molecule has 2 aromatic rings. The first kappa shape index (κ1) is 18.3. The molecule has 0 spiro atoms. The minimum absolute atomic E-state index is 0.0705. The van der Waals surface area contributed by atoms with Gasteiger partial charge < -0.3 is 0 Å². The Morgan fingerprint density at radius 3 is 2.30 bits per heavy atom. The Hall–Kier alpha value is -3.47. The third-order valence-electron chi connectivity index (χ3n) is 4.27. The number of imide groups is 2. The van der Waals surface area contributed by atoms with Crippen molar-refractivity contribution in [2.24, 2.45) is 0 Å². The fraction of sp³-hybridized carbons (Fsp3) is 0.136. The minimum Gasteiger partial charge on any atom is -0.273 e. The third kappa shape index (κ3) is 4.03. The molecular formula is C22H20N2O3. The molecule has 5 nitrogen and oxygen atoms in total. The first-order chi connectivity index (χ1) is 13.0. The summed E-state index contributed by atoms with van der Waals surface area (Å²) >= 11 is 0. The van der Waals surface area contributed by atoms with Gasteiger partial charge in [-0.15, -0.1) is 0 Å². The fourth-order valence-corrected chi connectivity index (χ4v) is 2.85. The zero-order valence-corrected chi connectivity index (χ0v) is 15.2. The van der Waals surface area contributed by atoms with Gasteiger partial charge in [-0.2, -0.15) is 0 Å². The van der Waals surface area contributed by atoms with E-state index in [9.17, 15) is 14.4 Å². The Morgan fingerprint density at radius 2 is 1.67 bits per heavy atom. The van der Waals surface area contributed by atoms with E-state index < -0.39 is 17.8 Å². The van der Waals surface area contributed by atoms with Crippen molar-refractivity contribution in [3.8, 4) is 0 Å². The van der Waals surface area contributed by atoms with Crippen LogP contribution in [0.1, 0.15) is 25.0 Å². The van der Waals surface area contributed by atoms with E-state index in [2.05, 4.69) is 5.32 Å². The van der Waals surface area contributed by atoms with Crippen LogP contribution in [0.3, 0.4) is 0 Å². The van der Waals surface area contributed by atoms with Gasteiger partial charge in [0.1, 0.15) is 5.57 Å². The number of allylic oxidation sites excluding steroid dienone is 2. The fourth-order valence-electron chi connectivity index (χ4n) is 2.85. The van der Waals surface area contributed by atoms with E-state index in [1.54, 1.807) is 19.1 Å². The molecule has 1 heterocycles. The van der Waals surface area contributed by atoms with Crippen molar-refractivity contribution in [2.45, 2.75) is 20.3 Å². The van der Waals surface area contributed by atoms with Crippen molar-refractivity contribution in [3.63, 3.8) is 0 Å². The molecule has 136 valence electrons. The molecule has 2 aromatic carbocycles. The van der Waals surface area contributed by atoms with Crippen LogP contribution in [0.5, 0.6) is 0 Å². The molecule has 4 amide bonds. The maximum atomic E-state index is 12.8. The van der Waals surface area contributed by atoms with Crippen molar-refractivity contribution in [2.75, 3.05) is 4.90 Å². The minimum atomic E-state index is -0.740. The number of urea groups is 1. The average Bonchev–Trinajstić information content (AvgIpc) is 2.66. The molecule has 27 heavy (non-hydrogen) atoms. The summed E-state index contributed by atoms with van der Waals surface area (Å²) in [6.45, 7) is 3.83. The molecule has 0 atom stereocenters. The lowest BCUT2D eigenvalue weighted by atomic mass is 10.1. The quantitative estimate of drug-likeness (QED) is 0.665. The summed E-state index contributed by atoms with van der Waals surface area (Å²) in [4.78, 5) is 38.3. The van der Waals surface area contributed by atoms with Crippen LogP contribution < -0.4 is 10.2 Å². The molecular weight excluding hydrogens is 340 g/mol. The van der Waals surface area contributed by atoms with Crippen LogP contribution in [0.4, 0.5) is 10.5 Å². The van der Waals surface area contributed by atoms with Crippen molar-refractivity contribution >= 4 is 29.6 Å². The maximum absolute atomic E-state index is 12.8. The summed E-state index contributed by atoms with van der Waals surface area (Å²) in [5.41, 5.74) is 3.14. The average molecular weight is 360 g/mol. The van der Waals surface area contributed by atoms with Gasteiger partial charge in [-0.3, -0.25) is 14.9 Å². The van der Waals surface area contributed by atoms with Crippen molar-refractivity contribution in [3.05, 3.63) is 82.9 Å². The number of nitrogens with zero attached hydrogens (tertiary/aromatic N) is 1. The highest BCUT2D eigenvalue weighted by Gasteiger charge is 2.36. The Labute approximate surface area is 158 Å². The number of nitrogens with one attached hydrogen (secondary N) is 1. The number of anilines is 1. The van der Waals surface area contributed by atoms with Crippen molar-refractivity contribution < 1.29 is 14.4 Å². The standard InChI is InChI=1S/C22H20N2O3/c1-3-16-9-11-18(12-10-16)24-21(26)19(20(25)23-22(24)27)14-15(2)13-17-7-5-4-6-8-17/h4-14H,3H2,1-2H3,(H,23,25,27)/b15-13+,19-14-. The van der Waals surface area contributed by atoms with E-state index in [0.717, 1.165) is 28.0 Å². The normalized spacial score (nSPS) is 16.7. The summed E-state index contributed by atoms with van der Waals surface area (Å²) in [7, 11) is 0. The van der Waals surface area contributed by atoms with Crippen LogP contribution in [0.25, 0.3) is 6.08 Å². The second kappa shape index (κ2) is 7.83. The van der Waals surface area contributed by atoms with Crippen LogP contribution in [0, 0.1) is 0 Å². The summed E-state index contributed by atoms with van der Waals surface area (Å²) in [6, 6.07) is 16.0. The molecule has 0 unspecified atom stereocenters. The lowest BCUT2D eigenvalue weighted by Gasteiger charge is -2.26. The number of aryl methyl sites for hydroxylation is 1. The molecule has 1 fully saturated rings. The predicted octanol–water partition coefficient (Wildman–Crippen LogP) is 3.86.